The second-order valence-corrected chi connectivity index (χ2v) is 3.66. The molecule has 1 rings (SSSR count). The fourth-order valence-corrected chi connectivity index (χ4v) is 1.25. The van der Waals surface area contributed by atoms with Crippen LogP contribution in [0.2, 0.25) is 5.15 Å². The summed E-state index contributed by atoms with van der Waals surface area (Å²) in [6, 6.07) is 3.26. The molecule has 0 aliphatic rings. The zero-order valence-electron chi connectivity index (χ0n) is 9.40. The van der Waals surface area contributed by atoms with Gasteiger partial charge in [0.2, 0.25) is 0 Å². The van der Waals surface area contributed by atoms with E-state index in [-0.39, 0.29) is 17.7 Å². The second-order valence-electron chi connectivity index (χ2n) is 3.30. The van der Waals surface area contributed by atoms with E-state index in [4.69, 9.17) is 16.3 Å². The fourth-order valence-electron chi connectivity index (χ4n) is 1.09. The molecule has 0 aliphatic heterocycles. The highest BCUT2D eigenvalue weighted by Gasteiger charge is 2.08. The number of ether oxygens (including phenoxy) is 1. The number of carbonyl (C=O) groups excluding carboxylic acids is 2. The number of anilines is 1. The molecule has 0 bridgehead atoms. The van der Waals surface area contributed by atoms with Gasteiger partial charge in [-0.05, 0) is 18.6 Å². The van der Waals surface area contributed by atoms with E-state index < -0.39 is 5.91 Å². The molecule has 1 aromatic heterocycles. The monoisotopic (exact) mass is 256 g/mol. The van der Waals surface area contributed by atoms with Crippen LogP contribution < -0.4 is 5.32 Å². The van der Waals surface area contributed by atoms with Gasteiger partial charge in [0.15, 0.2) is 11.8 Å². The number of rotatable bonds is 5. The van der Waals surface area contributed by atoms with Crippen molar-refractivity contribution in [3.05, 3.63) is 23.5 Å². The molecule has 0 aromatic carbocycles. The van der Waals surface area contributed by atoms with Gasteiger partial charge in [-0.1, -0.05) is 18.5 Å². The first-order valence-electron chi connectivity index (χ1n) is 5.19. The largest absolute Gasteiger partial charge is 0.456 e. The molecule has 92 valence electrons. The molecule has 17 heavy (non-hydrogen) atoms. The maximum atomic E-state index is 11.4. The third-order valence-corrected chi connectivity index (χ3v) is 2.15. The van der Waals surface area contributed by atoms with Crippen molar-refractivity contribution in [1.82, 2.24) is 4.98 Å². The average Bonchev–Trinajstić information content (AvgIpc) is 2.30. The van der Waals surface area contributed by atoms with Crippen molar-refractivity contribution in [2.75, 3.05) is 11.9 Å². The van der Waals surface area contributed by atoms with Gasteiger partial charge < -0.3 is 10.1 Å². The molecule has 1 N–H and O–H groups in total. The third kappa shape index (κ3) is 4.82. The summed E-state index contributed by atoms with van der Waals surface area (Å²) < 4.78 is 4.74. The Morgan fingerprint density at radius 1 is 1.53 bits per heavy atom. The number of halogens is 1. The number of aromatic nitrogens is 1. The van der Waals surface area contributed by atoms with Crippen LogP contribution in [0.1, 0.15) is 19.8 Å². The quantitative estimate of drug-likeness (QED) is 0.646. The van der Waals surface area contributed by atoms with Crippen molar-refractivity contribution in [3.8, 4) is 0 Å². The predicted molar refractivity (Wildman–Crippen MR) is 63.7 cm³/mol. The van der Waals surface area contributed by atoms with Crippen molar-refractivity contribution in [2.45, 2.75) is 19.8 Å². The number of carbonyl (C=O) groups is 2. The van der Waals surface area contributed by atoms with Gasteiger partial charge >= 0.3 is 5.97 Å². The molecule has 0 saturated heterocycles. The number of hydrogen-bond acceptors (Lipinski definition) is 4. The van der Waals surface area contributed by atoms with E-state index >= 15 is 0 Å². The van der Waals surface area contributed by atoms with E-state index in [1.54, 1.807) is 12.1 Å². The Kier molecular flexibility index (Phi) is 5.42. The average molecular weight is 257 g/mol. The van der Waals surface area contributed by atoms with Gasteiger partial charge in [-0.25, -0.2) is 4.98 Å². The lowest BCUT2D eigenvalue weighted by Gasteiger charge is -2.06. The van der Waals surface area contributed by atoms with Crippen LogP contribution in [0, 0.1) is 0 Å². The lowest BCUT2D eigenvalue weighted by Crippen LogP contribution is -2.21. The Labute approximate surface area is 104 Å². The number of hydrogen-bond donors (Lipinski definition) is 1. The van der Waals surface area contributed by atoms with Gasteiger partial charge in [0, 0.05) is 12.6 Å². The van der Waals surface area contributed by atoms with Crippen LogP contribution in [0.25, 0.3) is 0 Å². The van der Waals surface area contributed by atoms with Crippen LogP contribution in [0.15, 0.2) is 18.3 Å². The summed E-state index contributed by atoms with van der Waals surface area (Å²) in [6.07, 6.45) is 2.51. The van der Waals surface area contributed by atoms with Gasteiger partial charge in [0.05, 0.1) is 5.69 Å². The normalized spacial score (nSPS) is 9.76. The summed E-state index contributed by atoms with van der Waals surface area (Å²) in [5, 5.41) is 2.69. The lowest BCUT2D eigenvalue weighted by molar-refractivity contribution is -0.147. The fraction of sp³-hybridized carbons (Fsp3) is 0.364. The highest BCUT2D eigenvalue weighted by Crippen LogP contribution is 2.16. The highest BCUT2D eigenvalue weighted by atomic mass is 35.5. The third-order valence-electron chi connectivity index (χ3n) is 1.85. The SMILES string of the molecule is CCCC(=O)OCC(=O)Nc1cccnc1Cl. The number of amides is 1. The molecular formula is C11H13ClN2O3. The van der Waals surface area contributed by atoms with E-state index in [2.05, 4.69) is 10.3 Å². The zero-order valence-corrected chi connectivity index (χ0v) is 10.2. The van der Waals surface area contributed by atoms with Crippen molar-refractivity contribution >= 4 is 29.2 Å². The first kappa shape index (κ1) is 13.4. The minimum Gasteiger partial charge on any atom is -0.456 e. The summed E-state index contributed by atoms with van der Waals surface area (Å²) in [5.41, 5.74) is 0.394. The van der Waals surface area contributed by atoms with Crippen molar-refractivity contribution < 1.29 is 14.3 Å². The molecule has 0 unspecified atom stereocenters. The molecule has 0 aliphatic carbocycles. The molecule has 1 heterocycles. The molecule has 1 amide bonds. The lowest BCUT2D eigenvalue weighted by atomic mass is 10.3. The van der Waals surface area contributed by atoms with E-state index in [9.17, 15) is 9.59 Å². The maximum Gasteiger partial charge on any atom is 0.306 e. The predicted octanol–water partition coefficient (Wildman–Crippen LogP) is 2.02. The minimum absolute atomic E-state index is 0.195. The van der Waals surface area contributed by atoms with Gasteiger partial charge in [0.25, 0.3) is 5.91 Å². The number of esters is 1. The molecule has 0 fully saturated rings. The van der Waals surface area contributed by atoms with Gasteiger partial charge in [-0.3, -0.25) is 9.59 Å². The van der Waals surface area contributed by atoms with Crippen LogP contribution in [0.4, 0.5) is 5.69 Å². The van der Waals surface area contributed by atoms with Crippen LogP contribution in [0.5, 0.6) is 0 Å². The molecule has 6 heteroatoms. The number of nitrogens with one attached hydrogen (secondary N) is 1. The van der Waals surface area contributed by atoms with E-state index in [0.717, 1.165) is 0 Å². The second kappa shape index (κ2) is 6.85. The molecule has 0 radical (unpaired) electrons. The van der Waals surface area contributed by atoms with Gasteiger partial charge in [-0.2, -0.15) is 0 Å². The smallest absolute Gasteiger partial charge is 0.306 e. The Morgan fingerprint density at radius 2 is 2.29 bits per heavy atom. The van der Waals surface area contributed by atoms with E-state index in [0.29, 0.717) is 18.5 Å². The summed E-state index contributed by atoms with van der Waals surface area (Å²) in [6.45, 7) is 1.54. The van der Waals surface area contributed by atoms with Crippen LogP contribution >= 0.6 is 11.6 Å². The number of nitrogens with zero attached hydrogens (tertiary/aromatic N) is 1. The molecule has 1 aromatic rings. The molecule has 5 nitrogen and oxygen atoms in total. The van der Waals surface area contributed by atoms with Crippen molar-refractivity contribution in [1.29, 1.82) is 0 Å². The molecule has 0 atom stereocenters. The van der Waals surface area contributed by atoms with Crippen LogP contribution in [0.3, 0.4) is 0 Å². The molecular weight excluding hydrogens is 244 g/mol. The molecule has 0 spiro atoms. The van der Waals surface area contributed by atoms with Gasteiger partial charge in [0.1, 0.15) is 0 Å². The Bertz CT molecular complexity index is 409. The topological polar surface area (TPSA) is 68.3 Å². The first-order valence-corrected chi connectivity index (χ1v) is 5.57. The summed E-state index contributed by atoms with van der Waals surface area (Å²) in [5.74, 6) is -0.829. The van der Waals surface area contributed by atoms with Crippen LogP contribution in [-0.4, -0.2) is 23.5 Å². The summed E-state index contributed by atoms with van der Waals surface area (Å²) in [4.78, 5) is 26.2. The summed E-state index contributed by atoms with van der Waals surface area (Å²) in [7, 11) is 0. The number of pyridine rings is 1. The van der Waals surface area contributed by atoms with Crippen molar-refractivity contribution in [2.24, 2.45) is 0 Å². The van der Waals surface area contributed by atoms with E-state index in [1.165, 1.54) is 6.20 Å². The highest BCUT2D eigenvalue weighted by molar-refractivity contribution is 6.32. The first-order chi connectivity index (χ1) is 8.13. The molecule has 0 saturated carbocycles. The Morgan fingerprint density at radius 3 is 2.94 bits per heavy atom. The van der Waals surface area contributed by atoms with Gasteiger partial charge in [-0.15, -0.1) is 0 Å². The van der Waals surface area contributed by atoms with Crippen LogP contribution in [-0.2, 0) is 14.3 Å². The standard InChI is InChI=1S/C11H13ClN2O3/c1-2-4-10(16)17-7-9(15)14-8-5-3-6-13-11(8)12/h3,5-6H,2,4,7H2,1H3,(H,14,15). The maximum absolute atomic E-state index is 11.4. The minimum atomic E-state index is -0.440. The zero-order chi connectivity index (χ0) is 12.7. The Hall–Kier alpha value is -1.62. The summed E-state index contributed by atoms with van der Waals surface area (Å²) >= 11 is 5.75. The van der Waals surface area contributed by atoms with Crippen molar-refractivity contribution in [3.63, 3.8) is 0 Å². The van der Waals surface area contributed by atoms with E-state index in [1.807, 2.05) is 6.92 Å². The Balaban J connectivity index is 2.40.